The van der Waals surface area contributed by atoms with Gasteiger partial charge in [0.05, 0.1) is 0 Å². The third kappa shape index (κ3) is 2.44. The van der Waals surface area contributed by atoms with Crippen molar-refractivity contribution < 1.29 is 10.2 Å². The van der Waals surface area contributed by atoms with Crippen LogP contribution in [0.1, 0.15) is 33.4 Å². The molecule has 0 radical (unpaired) electrons. The summed E-state index contributed by atoms with van der Waals surface area (Å²) < 4.78 is 0. The molecular formula is C28H24O2. The summed E-state index contributed by atoms with van der Waals surface area (Å²) in [6.07, 6.45) is 0. The molecule has 2 N–H and O–H groups in total. The lowest BCUT2D eigenvalue weighted by atomic mass is 9.60. The molecule has 2 nitrogen and oxygen atoms in total. The Hall–Kier alpha value is -3.20. The zero-order chi connectivity index (χ0) is 20.9. The summed E-state index contributed by atoms with van der Waals surface area (Å²) in [5.41, 5.74) is 3.52. The Labute approximate surface area is 177 Å². The second-order valence-electron chi connectivity index (χ2n) is 8.24. The van der Waals surface area contributed by atoms with Crippen molar-refractivity contribution in [3.63, 3.8) is 0 Å². The van der Waals surface area contributed by atoms with Crippen molar-refractivity contribution in [2.24, 2.45) is 0 Å². The SMILES string of the molecule is Cc1ccc([C@@]2(O)c3ccccc3-c3ccccc3[C@@]2(O)c2ccc(C)cc2)cc1. The number of rotatable bonds is 2. The zero-order valence-corrected chi connectivity index (χ0v) is 17.1. The van der Waals surface area contributed by atoms with E-state index in [-0.39, 0.29) is 0 Å². The van der Waals surface area contributed by atoms with Gasteiger partial charge >= 0.3 is 0 Å². The number of aliphatic hydroxyl groups is 2. The first kappa shape index (κ1) is 18.8. The highest BCUT2D eigenvalue weighted by Gasteiger charge is 2.58. The average Bonchev–Trinajstić information content (AvgIpc) is 2.78. The van der Waals surface area contributed by atoms with E-state index in [2.05, 4.69) is 0 Å². The van der Waals surface area contributed by atoms with Crippen LogP contribution in [0.25, 0.3) is 11.1 Å². The third-order valence-corrected chi connectivity index (χ3v) is 6.39. The second kappa shape index (κ2) is 6.66. The molecule has 0 unspecified atom stereocenters. The highest BCUT2D eigenvalue weighted by Crippen LogP contribution is 2.57. The first-order valence-electron chi connectivity index (χ1n) is 10.2. The lowest BCUT2D eigenvalue weighted by Gasteiger charge is -2.49. The van der Waals surface area contributed by atoms with Crippen molar-refractivity contribution in [2.45, 2.75) is 25.0 Å². The van der Waals surface area contributed by atoms with E-state index < -0.39 is 11.2 Å². The van der Waals surface area contributed by atoms with Crippen molar-refractivity contribution in [1.29, 1.82) is 0 Å². The quantitative estimate of drug-likeness (QED) is 0.476. The van der Waals surface area contributed by atoms with Crippen LogP contribution in [0.15, 0.2) is 97.1 Å². The molecular weight excluding hydrogens is 368 g/mol. The summed E-state index contributed by atoms with van der Waals surface area (Å²) in [5.74, 6) is 0. The van der Waals surface area contributed by atoms with Crippen molar-refractivity contribution in [2.75, 3.05) is 0 Å². The minimum Gasteiger partial charge on any atom is -0.377 e. The van der Waals surface area contributed by atoms with Crippen LogP contribution in [0.4, 0.5) is 0 Å². The lowest BCUT2D eigenvalue weighted by molar-refractivity contribution is -0.114. The number of aryl methyl sites for hydroxylation is 2. The van der Waals surface area contributed by atoms with Crippen LogP contribution < -0.4 is 0 Å². The maximum atomic E-state index is 12.5. The lowest BCUT2D eigenvalue weighted by Crippen LogP contribution is -2.53. The normalized spacial score (nSPS) is 22.3. The van der Waals surface area contributed by atoms with Gasteiger partial charge < -0.3 is 10.2 Å². The summed E-state index contributed by atoms with van der Waals surface area (Å²) in [6, 6.07) is 31.2. The third-order valence-electron chi connectivity index (χ3n) is 6.39. The predicted molar refractivity (Wildman–Crippen MR) is 120 cm³/mol. The Kier molecular flexibility index (Phi) is 4.18. The Morgan fingerprint density at radius 1 is 0.467 bits per heavy atom. The summed E-state index contributed by atoms with van der Waals surface area (Å²) in [6.45, 7) is 4.04. The first-order valence-corrected chi connectivity index (χ1v) is 10.2. The van der Waals surface area contributed by atoms with Gasteiger partial charge in [-0.3, -0.25) is 0 Å². The van der Waals surface area contributed by atoms with E-state index in [4.69, 9.17) is 0 Å². The maximum Gasteiger partial charge on any atom is 0.152 e. The van der Waals surface area contributed by atoms with E-state index in [1.807, 2.05) is 111 Å². The predicted octanol–water partition coefficient (Wildman–Crippen LogP) is 5.46. The average molecular weight is 392 g/mol. The molecule has 0 saturated heterocycles. The molecule has 0 fully saturated rings. The molecule has 4 aromatic carbocycles. The number of benzene rings is 4. The minimum atomic E-state index is -1.65. The Morgan fingerprint density at radius 2 is 0.800 bits per heavy atom. The van der Waals surface area contributed by atoms with Gasteiger partial charge in [-0.2, -0.15) is 0 Å². The van der Waals surface area contributed by atoms with E-state index in [1.54, 1.807) is 0 Å². The van der Waals surface area contributed by atoms with Crippen LogP contribution in [0, 0.1) is 13.8 Å². The molecule has 5 rings (SSSR count). The van der Waals surface area contributed by atoms with Crippen LogP contribution in [0.3, 0.4) is 0 Å². The van der Waals surface area contributed by atoms with Crippen LogP contribution >= 0.6 is 0 Å². The molecule has 1 aliphatic carbocycles. The molecule has 30 heavy (non-hydrogen) atoms. The molecule has 0 spiro atoms. The molecule has 2 heteroatoms. The van der Waals surface area contributed by atoms with Crippen LogP contribution in [-0.4, -0.2) is 10.2 Å². The summed E-state index contributed by atoms with van der Waals surface area (Å²) in [5, 5.41) is 25.0. The minimum absolute atomic E-state index is 0.665. The van der Waals surface area contributed by atoms with Crippen molar-refractivity contribution in [3.05, 3.63) is 130 Å². The second-order valence-corrected chi connectivity index (χ2v) is 8.24. The summed E-state index contributed by atoms with van der Waals surface area (Å²) in [7, 11) is 0. The van der Waals surface area contributed by atoms with E-state index >= 15 is 0 Å². The van der Waals surface area contributed by atoms with Crippen molar-refractivity contribution >= 4 is 0 Å². The van der Waals surface area contributed by atoms with Gasteiger partial charge in [0.25, 0.3) is 0 Å². The van der Waals surface area contributed by atoms with Gasteiger partial charge in [-0.15, -0.1) is 0 Å². The molecule has 0 bridgehead atoms. The van der Waals surface area contributed by atoms with Gasteiger partial charge in [0.1, 0.15) is 0 Å². The number of hydrogen-bond donors (Lipinski definition) is 2. The van der Waals surface area contributed by atoms with Crippen LogP contribution in [0.2, 0.25) is 0 Å². The molecule has 4 aromatic rings. The van der Waals surface area contributed by atoms with E-state index in [9.17, 15) is 10.2 Å². The topological polar surface area (TPSA) is 40.5 Å². The van der Waals surface area contributed by atoms with E-state index in [1.165, 1.54) is 0 Å². The largest absolute Gasteiger partial charge is 0.377 e. The summed E-state index contributed by atoms with van der Waals surface area (Å²) in [4.78, 5) is 0. The molecule has 0 heterocycles. The molecule has 2 atom stereocenters. The molecule has 148 valence electrons. The number of fused-ring (bicyclic) bond motifs is 3. The fraction of sp³-hybridized carbons (Fsp3) is 0.143. The van der Waals surface area contributed by atoms with Gasteiger partial charge in [-0.25, -0.2) is 0 Å². The smallest absolute Gasteiger partial charge is 0.152 e. The van der Waals surface area contributed by atoms with Crippen molar-refractivity contribution in [3.8, 4) is 11.1 Å². The highest BCUT2D eigenvalue weighted by atomic mass is 16.4. The fourth-order valence-electron chi connectivity index (χ4n) is 4.78. The van der Waals surface area contributed by atoms with Gasteiger partial charge in [0, 0.05) is 0 Å². The van der Waals surface area contributed by atoms with Crippen molar-refractivity contribution in [1.82, 2.24) is 0 Å². The zero-order valence-electron chi connectivity index (χ0n) is 17.1. The van der Waals surface area contributed by atoms with Crippen LogP contribution in [-0.2, 0) is 11.2 Å². The Balaban J connectivity index is 1.93. The maximum absolute atomic E-state index is 12.5. The standard InChI is InChI=1S/C28H24O2/c1-19-11-15-21(16-12-19)27(29)25-9-5-3-7-23(25)24-8-4-6-10-26(24)28(27,30)22-17-13-20(2)14-18-22/h3-18,29-30H,1-2H3/t27-,28+. The molecule has 0 saturated carbocycles. The Bertz CT molecular complexity index is 1130. The molecule has 0 aliphatic heterocycles. The fourth-order valence-corrected chi connectivity index (χ4v) is 4.78. The van der Waals surface area contributed by atoms with E-state index in [0.29, 0.717) is 22.3 Å². The molecule has 1 aliphatic rings. The van der Waals surface area contributed by atoms with Gasteiger partial charge in [-0.1, -0.05) is 108 Å². The van der Waals surface area contributed by atoms with E-state index in [0.717, 1.165) is 22.3 Å². The van der Waals surface area contributed by atoms with Gasteiger partial charge in [0.2, 0.25) is 0 Å². The highest BCUT2D eigenvalue weighted by molar-refractivity contribution is 5.79. The van der Waals surface area contributed by atoms with Gasteiger partial charge in [0.15, 0.2) is 11.2 Å². The summed E-state index contributed by atoms with van der Waals surface area (Å²) >= 11 is 0. The first-order chi connectivity index (χ1) is 14.5. The van der Waals surface area contributed by atoms with Crippen LogP contribution in [0.5, 0.6) is 0 Å². The molecule has 0 aromatic heterocycles. The van der Waals surface area contributed by atoms with Gasteiger partial charge in [-0.05, 0) is 47.2 Å². The number of hydrogen-bond acceptors (Lipinski definition) is 2. The molecule has 0 amide bonds. The monoisotopic (exact) mass is 392 g/mol. The Morgan fingerprint density at radius 3 is 1.17 bits per heavy atom.